The van der Waals surface area contributed by atoms with Crippen LogP contribution in [0.1, 0.15) is 62.2 Å². The molecule has 1 aliphatic heterocycles. The van der Waals surface area contributed by atoms with Crippen molar-refractivity contribution in [3.8, 4) is 0 Å². The molecule has 34 heavy (non-hydrogen) atoms. The van der Waals surface area contributed by atoms with Crippen molar-refractivity contribution in [3.63, 3.8) is 0 Å². The fourth-order valence-electron chi connectivity index (χ4n) is 4.71. The molecule has 0 atom stereocenters. The highest BCUT2D eigenvalue weighted by atomic mass is 16.2. The van der Waals surface area contributed by atoms with Gasteiger partial charge in [0, 0.05) is 58.1 Å². The molecular weight excluding hydrogens is 426 g/mol. The predicted molar refractivity (Wildman–Crippen MR) is 137 cm³/mol. The Bertz CT molecular complexity index is 981. The lowest BCUT2D eigenvalue weighted by Gasteiger charge is -2.28. The highest BCUT2D eigenvalue weighted by molar-refractivity contribution is 5.96. The Labute approximate surface area is 204 Å². The predicted octanol–water partition coefficient (Wildman–Crippen LogP) is 4.11. The van der Waals surface area contributed by atoms with E-state index in [0.717, 1.165) is 43.0 Å². The molecule has 0 radical (unpaired) electrons. The van der Waals surface area contributed by atoms with Crippen molar-refractivity contribution in [2.75, 3.05) is 37.6 Å². The second kappa shape index (κ2) is 11.6. The second-order valence-corrected chi connectivity index (χ2v) is 10.3. The maximum Gasteiger partial charge on any atom is 0.257 e. The van der Waals surface area contributed by atoms with Crippen LogP contribution in [0.3, 0.4) is 0 Å². The average molecular weight is 468 g/mol. The van der Waals surface area contributed by atoms with E-state index in [1.54, 1.807) is 10.9 Å². The van der Waals surface area contributed by atoms with Gasteiger partial charge in [-0.05, 0) is 43.4 Å². The Hall–Kier alpha value is -2.67. The van der Waals surface area contributed by atoms with Gasteiger partial charge in [-0.3, -0.25) is 14.3 Å². The third-order valence-corrected chi connectivity index (χ3v) is 6.22. The molecule has 2 amide bonds. The van der Waals surface area contributed by atoms with Gasteiger partial charge >= 0.3 is 0 Å². The molecule has 1 aromatic heterocycles. The molecule has 7 heteroatoms. The fraction of sp³-hybridized carbons (Fsp3) is 0.593. The Balaban J connectivity index is 1.99. The highest BCUT2D eigenvalue weighted by Crippen LogP contribution is 2.26. The van der Waals surface area contributed by atoms with Gasteiger partial charge in [0.1, 0.15) is 0 Å². The number of fused-ring (bicyclic) bond motifs is 1. The molecule has 0 aliphatic carbocycles. The molecule has 0 saturated heterocycles. The van der Waals surface area contributed by atoms with Crippen molar-refractivity contribution in [3.05, 3.63) is 47.3 Å². The number of para-hydroxylation sites is 1. The maximum absolute atomic E-state index is 13.7. The standard InChI is InChI=1S/C27H41N5O2/c1-20(2)16-26(33)32-13-9-12-30(17-21(3)4)14-15-31(18-23-10-7-8-11-25(23)32)27(34)24-19-29(6)28-22(24)5/h7-8,10-11,19-21H,9,12-18H2,1-6H3. The number of aryl methyl sites for hydroxylation is 2. The van der Waals surface area contributed by atoms with Crippen molar-refractivity contribution in [1.82, 2.24) is 19.6 Å². The van der Waals surface area contributed by atoms with E-state index in [-0.39, 0.29) is 11.8 Å². The zero-order chi connectivity index (χ0) is 24.8. The number of hydrogen-bond acceptors (Lipinski definition) is 4. The first-order valence-corrected chi connectivity index (χ1v) is 12.6. The molecule has 2 heterocycles. The van der Waals surface area contributed by atoms with Gasteiger partial charge in [0.25, 0.3) is 5.91 Å². The zero-order valence-corrected chi connectivity index (χ0v) is 21.8. The SMILES string of the molecule is Cc1nn(C)cc1C(=O)N1CCN(CC(C)C)CCCN(C(=O)CC(C)C)c2ccccc2C1. The fourth-order valence-corrected chi connectivity index (χ4v) is 4.71. The van der Waals surface area contributed by atoms with E-state index in [1.165, 1.54) is 0 Å². The minimum Gasteiger partial charge on any atom is -0.333 e. The molecule has 2 aromatic rings. The van der Waals surface area contributed by atoms with Crippen molar-refractivity contribution in [2.24, 2.45) is 18.9 Å². The molecule has 0 unspecified atom stereocenters. The topological polar surface area (TPSA) is 61.7 Å². The molecule has 3 rings (SSSR count). The molecule has 7 nitrogen and oxygen atoms in total. The summed E-state index contributed by atoms with van der Waals surface area (Å²) in [5.41, 5.74) is 3.30. The molecule has 1 aliphatic rings. The Morgan fingerprint density at radius 3 is 2.38 bits per heavy atom. The molecule has 0 N–H and O–H groups in total. The van der Waals surface area contributed by atoms with Gasteiger partial charge in [-0.25, -0.2) is 0 Å². The van der Waals surface area contributed by atoms with Gasteiger partial charge in [-0.2, -0.15) is 5.10 Å². The van der Waals surface area contributed by atoms with E-state index in [9.17, 15) is 9.59 Å². The first-order chi connectivity index (χ1) is 16.2. The number of anilines is 1. The van der Waals surface area contributed by atoms with Crippen LogP contribution in [0.5, 0.6) is 0 Å². The molecule has 0 saturated carbocycles. The normalized spacial score (nSPS) is 16.0. The van der Waals surface area contributed by atoms with Crippen LogP contribution >= 0.6 is 0 Å². The summed E-state index contributed by atoms with van der Waals surface area (Å²) in [5, 5.41) is 4.38. The third kappa shape index (κ3) is 6.69. The van der Waals surface area contributed by atoms with Crippen LogP contribution in [0, 0.1) is 18.8 Å². The second-order valence-electron chi connectivity index (χ2n) is 10.3. The Kier molecular flexibility index (Phi) is 8.89. The van der Waals surface area contributed by atoms with Crippen LogP contribution < -0.4 is 4.90 Å². The van der Waals surface area contributed by atoms with E-state index in [2.05, 4.69) is 37.7 Å². The van der Waals surface area contributed by atoms with E-state index >= 15 is 0 Å². The molecule has 0 spiro atoms. The van der Waals surface area contributed by atoms with Crippen molar-refractivity contribution >= 4 is 17.5 Å². The molecular formula is C27H41N5O2. The largest absolute Gasteiger partial charge is 0.333 e. The lowest BCUT2D eigenvalue weighted by Crippen LogP contribution is -2.40. The van der Waals surface area contributed by atoms with Crippen molar-refractivity contribution in [1.29, 1.82) is 0 Å². The molecule has 0 fully saturated rings. The summed E-state index contributed by atoms with van der Waals surface area (Å²) in [5.74, 6) is 0.968. The summed E-state index contributed by atoms with van der Waals surface area (Å²) in [6, 6.07) is 8.05. The van der Waals surface area contributed by atoms with E-state index < -0.39 is 0 Å². The summed E-state index contributed by atoms with van der Waals surface area (Å²) in [6.45, 7) is 15.0. The number of benzene rings is 1. The first kappa shape index (κ1) is 25.9. The van der Waals surface area contributed by atoms with Gasteiger partial charge in [0.2, 0.25) is 5.91 Å². The number of carbonyl (C=O) groups excluding carboxylic acids is 2. The van der Waals surface area contributed by atoms with E-state index in [0.29, 0.717) is 43.5 Å². The summed E-state index contributed by atoms with van der Waals surface area (Å²) < 4.78 is 1.69. The van der Waals surface area contributed by atoms with Gasteiger partial charge in [-0.1, -0.05) is 45.9 Å². The number of amides is 2. The average Bonchev–Trinajstić information content (AvgIpc) is 3.08. The number of hydrogen-bond donors (Lipinski definition) is 0. The lowest BCUT2D eigenvalue weighted by molar-refractivity contribution is -0.119. The molecule has 0 bridgehead atoms. The highest BCUT2D eigenvalue weighted by Gasteiger charge is 2.26. The maximum atomic E-state index is 13.7. The summed E-state index contributed by atoms with van der Waals surface area (Å²) in [6.07, 6.45) is 3.22. The van der Waals surface area contributed by atoms with Gasteiger partial charge in [0.15, 0.2) is 0 Å². The minimum atomic E-state index is -0.01000. The van der Waals surface area contributed by atoms with Crippen molar-refractivity contribution < 1.29 is 9.59 Å². The van der Waals surface area contributed by atoms with Gasteiger partial charge in [0.05, 0.1) is 11.3 Å². The lowest BCUT2D eigenvalue weighted by atomic mass is 10.1. The van der Waals surface area contributed by atoms with Crippen LogP contribution in [0.4, 0.5) is 5.69 Å². The number of nitrogens with zero attached hydrogens (tertiary/aromatic N) is 5. The van der Waals surface area contributed by atoms with Crippen LogP contribution in [0.2, 0.25) is 0 Å². The van der Waals surface area contributed by atoms with Gasteiger partial charge < -0.3 is 14.7 Å². The summed E-state index contributed by atoms with van der Waals surface area (Å²) >= 11 is 0. The van der Waals surface area contributed by atoms with E-state index in [4.69, 9.17) is 0 Å². The van der Waals surface area contributed by atoms with Crippen LogP contribution in [-0.2, 0) is 18.4 Å². The Morgan fingerprint density at radius 1 is 1.00 bits per heavy atom. The van der Waals surface area contributed by atoms with Crippen LogP contribution in [0.25, 0.3) is 0 Å². The molecule has 186 valence electrons. The van der Waals surface area contributed by atoms with Gasteiger partial charge in [-0.15, -0.1) is 0 Å². The number of aromatic nitrogens is 2. The summed E-state index contributed by atoms with van der Waals surface area (Å²) in [7, 11) is 1.84. The zero-order valence-electron chi connectivity index (χ0n) is 21.8. The first-order valence-electron chi connectivity index (χ1n) is 12.6. The van der Waals surface area contributed by atoms with E-state index in [1.807, 2.05) is 48.0 Å². The summed E-state index contributed by atoms with van der Waals surface area (Å²) in [4.78, 5) is 33.2. The minimum absolute atomic E-state index is 0.01000. The van der Waals surface area contributed by atoms with Crippen LogP contribution in [-0.4, -0.2) is 64.1 Å². The smallest absolute Gasteiger partial charge is 0.257 e. The molecule has 1 aromatic carbocycles. The Morgan fingerprint density at radius 2 is 1.74 bits per heavy atom. The van der Waals surface area contributed by atoms with Crippen molar-refractivity contribution in [2.45, 2.75) is 54.0 Å². The van der Waals surface area contributed by atoms with Crippen LogP contribution in [0.15, 0.2) is 30.5 Å². The third-order valence-electron chi connectivity index (χ3n) is 6.22. The monoisotopic (exact) mass is 467 g/mol. The quantitative estimate of drug-likeness (QED) is 0.664. The number of rotatable bonds is 5. The number of carbonyl (C=O) groups is 2.